The third-order valence-electron chi connectivity index (χ3n) is 14.6. The molecule has 0 saturated carbocycles. The maximum absolute atomic E-state index is 2.47. The number of anilines is 6. The molecule has 0 fully saturated rings. The van der Waals surface area contributed by atoms with Gasteiger partial charge in [0.05, 0.1) is 16.8 Å². The van der Waals surface area contributed by atoms with E-state index in [2.05, 4.69) is 265 Å². The first-order valence-electron chi connectivity index (χ1n) is 23.3. The molecular weight excluding hydrogens is 809 g/mol. The Morgan fingerprint density at radius 1 is 0.284 bits per heavy atom. The molecule has 11 aromatic rings. The molecule has 0 aromatic heterocycles. The minimum atomic E-state index is -0.581. The van der Waals surface area contributed by atoms with Crippen molar-refractivity contribution in [2.75, 3.05) is 9.80 Å². The van der Waals surface area contributed by atoms with Gasteiger partial charge in [0.2, 0.25) is 0 Å². The summed E-state index contributed by atoms with van der Waals surface area (Å²) in [4.78, 5) is 4.87. The molecule has 2 heteroatoms. The van der Waals surface area contributed by atoms with Crippen LogP contribution in [0.1, 0.15) is 22.3 Å². The normalized spacial score (nSPS) is 14.6. The zero-order chi connectivity index (χ0) is 44.1. The summed E-state index contributed by atoms with van der Waals surface area (Å²) >= 11 is 0. The minimum Gasteiger partial charge on any atom is -0.310 e. The van der Waals surface area contributed by atoms with Gasteiger partial charge in [-0.15, -0.1) is 0 Å². The zero-order valence-electron chi connectivity index (χ0n) is 36.6. The lowest BCUT2D eigenvalue weighted by atomic mass is 9.65. The van der Waals surface area contributed by atoms with Crippen molar-refractivity contribution in [2.45, 2.75) is 5.41 Å². The summed E-state index contributed by atoms with van der Waals surface area (Å²) in [7, 11) is 0. The van der Waals surface area contributed by atoms with Gasteiger partial charge in [-0.3, -0.25) is 0 Å². The van der Waals surface area contributed by atoms with Gasteiger partial charge in [-0.25, -0.2) is 0 Å². The fourth-order valence-corrected chi connectivity index (χ4v) is 11.9. The van der Waals surface area contributed by atoms with Gasteiger partial charge in [0.1, 0.15) is 0 Å². The summed E-state index contributed by atoms with van der Waals surface area (Å²) in [5.41, 5.74) is 23.8. The molecule has 1 atom stereocenters. The molecule has 1 spiro atoms. The van der Waals surface area contributed by atoms with Gasteiger partial charge in [-0.2, -0.15) is 0 Å². The fraction of sp³-hybridized carbons (Fsp3) is 0.0154. The number of rotatable bonds is 4. The molecule has 312 valence electrons. The maximum atomic E-state index is 2.47. The van der Waals surface area contributed by atoms with Gasteiger partial charge in [-0.1, -0.05) is 194 Å². The molecule has 1 heterocycles. The van der Waals surface area contributed by atoms with Gasteiger partial charge in [-0.05, 0) is 138 Å². The number of benzene rings is 11. The van der Waals surface area contributed by atoms with Gasteiger partial charge >= 0.3 is 0 Å². The summed E-state index contributed by atoms with van der Waals surface area (Å²) in [6, 6.07) is 94.7. The highest BCUT2D eigenvalue weighted by Gasteiger charge is 2.50. The SMILES string of the molecule is c1ccc(N(c2ccc3c(c2)-c2ccccc2N(c2ccccc2)c2ccccc2-3)c2ccc3c(c2)-c2ccccc2-c2ccccc2C32c3ccccc3-c3c2ccc2ccccc32)cc1. The third kappa shape index (κ3) is 5.39. The smallest absolute Gasteiger partial charge is 0.0725 e. The van der Waals surface area contributed by atoms with Crippen molar-refractivity contribution in [1.29, 1.82) is 0 Å². The average molecular weight is 851 g/mol. The topological polar surface area (TPSA) is 6.48 Å². The van der Waals surface area contributed by atoms with E-state index in [9.17, 15) is 0 Å². The molecular formula is C65H42N2. The lowest BCUT2D eigenvalue weighted by molar-refractivity contribution is 0.776. The van der Waals surface area contributed by atoms with Gasteiger partial charge in [0, 0.05) is 33.9 Å². The highest BCUT2D eigenvalue weighted by atomic mass is 15.2. The summed E-state index contributed by atoms with van der Waals surface area (Å²) in [6.07, 6.45) is 0. The van der Waals surface area contributed by atoms with E-state index in [1.54, 1.807) is 0 Å². The van der Waals surface area contributed by atoms with E-state index < -0.39 is 5.41 Å². The van der Waals surface area contributed by atoms with Crippen molar-refractivity contribution in [3.63, 3.8) is 0 Å². The van der Waals surface area contributed by atoms with Crippen molar-refractivity contribution in [3.8, 4) is 55.6 Å². The fourth-order valence-electron chi connectivity index (χ4n) is 11.9. The standard InChI is InChI=1S/C65H42N2/c1-3-20-44(21-4-1)66(46-36-38-51-53-28-13-17-33-62(53)67(45-22-5-2-6-23-45)63-34-18-14-29-54(63)56(51)41-46)47-37-40-60-57(42-47)50-26-10-9-25-49(50)52-27-11-15-31-58(52)65(60)59-32-16-12-30-55(59)64-48-24-8-7-19-43(48)35-39-61(64)65/h1-42H. The van der Waals surface area contributed by atoms with Crippen LogP contribution >= 0.6 is 0 Å². The third-order valence-corrected chi connectivity index (χ3v) is 14.6. The first-order valence-corrected chi connectivity index (χ1v) is 23.3. The second kappa shape index (κ2) is 14.7. The number of para-hydroxylation sites is 4. The molecule has 3 aliphatic rings. The van der Waals surface area contributed by atoms with Crippen LogP contribution in [0.2, 0.25) is 0 Å². The molecule has 11 aromatic carbocycles. The number of hydrogen-bond acceptors (Lipinski definition) is 2. The molecule has 1 unspecified atom stereocenters. The Morgan fingerprint density at radius 2 is 0.761 bits per heavy atom. The summed E-state index contributed by atoms with van der Waals surface area (Å²) in [6.45, 7) is 0. The predicted molar refractivity (Wildman–Crippen MR) is 279 cm³/mol. The number of fused-ring (bicyclic) bond motifs is 19. The van der Waals surface area contributed by atoms with E-state index >= 15 is 0 Å². The summed E-state index contributed by atoms with van der Waals surface area (Å²) in [5, 5.41) is 2.54. The first kappa shape index (κ1) is 37.6. The number of nitrogens with zero attached hydrogens (tertiary/aromatic N) is 2. The maximum Gasteiger partial charge on any atom is 0.0725 e. The van der Waals surface area contributed by atoms with E-state index in [-0.39, 0.29) is 0 Å². The Morgan fingerprint density at radius 3 is 1.49 bits per heavy atom. The van der Waals surface area contributed by atoms with Crippen molar-refractivity contribution in [1.82, 2.24) is 0 Å². The van der Waals surface area contributed by atoms with E-state index in [0.717, 1.165) is 34.1 Å². The van der Waals surface area contributed by atoms with E-state index in [4.69, 9.17) is 0 Å². The second-order valence-corrected chi connectivity index (χ2v) is 17.9. The summed E-state index contributed by atoms with van der Waals surface area (Å²) in [5.74, 6) is 0. The average Bonchev–Trinajstić information content (AvgIpc) is 3.57. The highest BCUT2D eigenvalue weighted by Crippen LogP contribution is 2.63. The Bertz CT molecular complexity index is 3780. The Labute approximate surface area is 390 Å². The van der Waals surface area contributed by atoms with Crippen LogP contribution in [0.4, 0.5) is 34.1 Å². The molecule has 1 aliphatic heterocycles. The van der Waals surface area contributed by atoms with Gasteiger partial charge < -0.3 is 9.80 Å². The van der Waals surface area contributed by atoms with Crippen LogP contribution in [-0.2, 0) is 5.41 Å². The van der Waals surface area contributed by atoms with Crippen molar-refractivity contribution < 1.29 is 0 Å². The zero-order valence-corrected chi connectivity index (χ0v) is 36.6. The quantitative estimate of drug-likeness (QED) is 0.174. The molecule has 2 aliphatic carbocycles. The van der Waals surface area contributed by atoms with Crippen LogP contribution in [0.5, 0.6) is 0 Å². The Hall–Kier alpha value is -8.72. The molecule has 67 heavy (non-hydrogen) atoms. The van der Waals surface area contributed by atoms with Crippen LogP contribution in [-0.4, -0.2) is 0 Å². The van der Waals surface area contributed by atoms with Crippen LogP contribution in [0.3, 0.4) is 0 Å². The molecule has 14 rings (SSSR count). The van der Waals surface area contributed by atoms with E-state index in [1.807, 2.05) is 0 Å². The van der Waals surface area contributed by atoms with Gasteiger partial charge in [0.25, 0.3) is 0 Å². The lowest BCUT2D eigenvalue weighted by Gasteiger charge is -2.36. The molecule has 0 saturated heterocycles. The molecule has 0 bridgehead atoms. The van der Waals surface area contributed by atoms with E-state index in [1.165, 1.54) is 88.7 Å². The molecule has 2 nitrogen and oxygen atoms in total. The molecule has 0 radical (unpaired) electrons. The highest BCUT2D eigenvalue weighted by molar-refractivity contribution is 6.07. The lowest BCUT2D eigenvalue weighted by Crippen LogP contribution is -2.29. The molecule has 0 N–H and O–H groups in total. The van der Waals surface area contributed by atoms with Crippen molar-refractivity contribution >= 4 is 44.9 Å². The van der Waals surface area contributed by atoms with Crippen LogP contribution < -0.4 is 9.80 Å². The molecule has 0 amide bonds. The van der Waals surface area contributed by atoms with Crippen LogP contribution in [0, 0.1) is 0 Å². The van der Waals surface area contributed by atoms with Crippen LogP contribution in [0.15, 0.2) is 255 Å². The van der Waals surface area contributed by atoms with Crippen molar-refractivity contribution in [3.05, 3.63) is 277 Å². The monoisotopic (exact) mass is 850 g/mol. The summed E-state index contributed by atoms with van der Waals surface area (Å²) < 4.78 is 0. The van der Waals surface area contributed by atoms with Crippen molar-refractivity contribution in [2.24, 2.45) is 0 Å². The van der Waals surface area contributed by atoms with Gasteiger partial charge in [0.15, 0.2) is 0 Å². The Balaban J connectivity index is 1.04. The predicted octanol–water partition coefficient (Wildman–Crippen LogP) is 17.4. The van der Waals surface area contributed by atoms with Crippen LogP contribution in [0.25, 0.3) is 66.4 Å². The second-order valence-electron chi connectivity index (χ2n) is 17.9. The number of hydrogen-bond donors (Lipinski definition) is 0. The van der Waals surface area contributed by atoms with E-state index in [0.29, 0.717) is 0 Å². The largest absolute Gasteiger partial charge is 0.310 e. The first-order chi connectivity index (χ1) is 33.3. The minimum absolute atomic E-state index is 0.581. The Kier molecular flexibility index (Phi) is 8.23.